The number of carboxylic acids is 1. The second-order valence-corrected chi connectivity index (χ2v) is 6.49. The number of piperazine rings is 1. The number of carbonyl (C=O) groups excluding carboxylic acids is 1. The van der Waals surface area contributed by atoms with E-state index in [0.29, 0.717) is 25.4 Å². The third kappa shape index (κ3) is 3.14. The first kappa shape index (κ1) is 15.3. The summed E-state index contributed by atoms with van der Waals surface area (Å²) in [6.45, 7) is 4.40. The molecule has 114 valence electrons. The molecule has 1 saturated carbocycles. The average Bonchev–Trinajstić information content (AvgIpc) is 2.42. The Morgan fingerprint density at radius 1 is 1.20 bits per heavy atom. The van der Waals surface area contributed by atoms with Crippen LogP contribution in [0.4, 0.5) is 0 Å². The molecule has 1 aliphatic carbocycles. The molecule has 1 unspecified atom stereocenters. The number of likely N-dealkylation sites (N-methyl/N-ethyl adjacent to an activating group) is 1. The van der Waals surface area contributed by atoms with E-state index in [-0.39, 0.29) is 12.3 Å². The van der Waals surface area contributed by atoms with E-state index < -0.39 is 11.4 Å². The van der Waals surface area contributed by atoms with Crippen molar-refractivity contribution < 1.29 is 14.7 Å². The van der Waals surface area contributed by atoms with Gasteiger partial charge in [-0.2, -0.15) is 0 Å². The largest absolute Gasteiger partial charge is 0.481 e. The standard InChI is InChI=1S/C15H26N2O3/c1-12-11-17(9-8-16(12)2)13(18)10-15(14(19)20)6-4-3-5-7-15/h12H,3-11H2,1-2H3,(H,19,20). The monoisotopic (exact) mass is 282 g/mol. The van der Waals surface area contributed by atoms with Gasteiger partial charge in [-0.15, -0.1) is 0 Å². The fourth-order valence-corrected chi connectivity index (χ4v) is 3.37. The summed E-state index contributed by atoms with van der Waals surface area (Å²) in [5.74, 6) is -0.762. The molecule has 1 N–H and O–H groups in total. The molecule has 1 amide bonds. The number of nitrogens with zero attached hydrogens (tertiary/aromatic N) is 2. The Bertz CT molecular complexity index is 377. The maximum Gasteiger partial charge on any atom is 0.310 e. The summed E-state index contributed by atoms with van der Waals surface area (Å²) in [5, 5.41) is 9.55. The Morgan fingerprint density at radius 2 is 1.85 bits per heavy atom. The molecule has 5 nitrogen and oxygen atoms in total. The molecule has 2 rings (SSSR count). The molecule has 2 aliphatic rings. The van der Waals surface area contributed by atoms with Crippen molar-refractivity contribution >= 4 is 11.9 Å². The van der Waals surface area contributed by atoms with Crippen LogP contribution in [0.1, 0.15) is 45.4 Å². The lowest BCUT2D eigenvalue weighted by Gasteiger charge is -2.40. The number of hydrogen-bond acceptors (Lipinski definition) is 3. The quantitative estimate of drug-likeness (QED) is 0.853. The van der Waals surface area contributed by atoms with E-state index >= 15 is 0 Å². The van der Waals surface area contributed by atoms with Gasteiger partial charge >= 0.3 is 5.97 Å². The van der Waals surface area contributed by atoms with Crippen LogP contribution >= 0.6 is 0 Å². The van der Waals surface area contributed by atoms with E-state index in [1.165, 1.54) is 0 Å². The van der Waals surface area contributed by atoms with Crippen LogP contribution in [0.15, 0.2) is 0 Å². The second kappa shape index (κ2) is 6.12. The molecule has 0 spiro atoms. The summed E-state index contributed by atoms with van der Waals surface area (Å²) in [6, 6.07) is 0.347. The molecule has 20 heavy (non-hydrogen) atoms. The minimum atomic E-state index is -0.804. The molecule has 2 fully saturated rings. The van der Waals surface area contributed by atoms with Gasteiger partial charge in [0.25, 0.3) is 0 Å². The highest BCUT2D eigenvalue weighted by Gasteiger charge is 2.42. The summed E-state index contributed by atoms with van der Waals surface area (Å²) in [4.78, 5) is 28.2. The van der Waals surface area contributed by atoms with Crippen molar-refractivity contribution in [3.63, 3.8) is 0 Å². The fourth-order valence-electron chi connectivity index (χ4n) is 3.37. The first-order chi connectivity index (χ1) is 9.44. The Kier molecular flexibility index (Phi) is 4.68. The topological polar surface area (TPSA) is 60.9 Å². The van der Waals surface area contributed by atoms with Crippen LogP contribution in [0.25, 0.3) is 0 Å². The number of amides is 1. The van der Waals surface area contributed by atoms with Crippen molar-refractivity contribution in [1.29, 1.82) is 0 Å². The van der Waals surface area contributed by atoms with E-state index in [2.05, 4.69) is 18.9 Å². The highest BCUT2D eigenvalue weighted by molar-refractivity contribution is 5.85. The van der Waals surface area contributed by atoms with Gasteiger partial charge in [-0.1, -0.05) is 19.3 Å². The Hall–Kier alpha value is -1.10. The number of aliphatic carboxylic acids is 1. The van der Waals surface area contributed by atoms with Gasteiger partial charge < -0.3 is 14.9 Å². The normalized spacial score (nSPS) is 27.3. The number of carboxylic acid groups (broad SMARTS) is 1. The third-order valence-electron chi connectivity index (χ3n) is 5.07. The Labute approximate surface area is 120 Å². The molecule has 0 aromatic carbocycles. The Morgan fingerprint density at radius 3 is 2.40 bits per heavy atom. The molecule has 1 heterocycles. The smallest absolute Gasteiger partial charge is 0.310 e. The van der Waals surface area contributed by atoms with Crippen molar-refractivity contribution in [3.05, 3.63) is 0 Å². The first-order valence-electron chi connectivity index (χ1n) is 7.66. The lowest BCUT2D eigenvalue weighted by molar-refractivity contribution is -0.156. The van der Waals surface area contributed by atoms with Crippen molar-refractivity contribution in [2.75, 3.05) is 26.7 Å². The highest BCUT2D eigenvalue weighted by Crippen LogP contribution is 2.40. The molecule has 0 radical (unpaired) electrons. The van der Waals surface area contributed by atoms with Crippen LogP contribution in [-0.4, -0.2) is 59.5 Å². The van der Waals surface area contributed by atoms with E-state index in [4.69, 9.17) is 0 Å². The van der Waals surface area contributed by atoms with E-state index in [1.807, 2.05) is 4.90 Å². The zero-order chi connectivity index (χ0) is 14.8. The summed E-state index contributed by atoms with van der Waals surface area (Å²) in [7, 11) is 2.06. The summed E-state index contributed by atoms with van der Waals surface area (Å²) >= 11 is 0. The predicted molar refractivity (Wildman–Crippen MR) is 76.4 cm³/mol. The molecule has 1 saturated heterocycles. The molecular formula is C15H26N2O3. The van der Waals surface area contributed by atoms with Crippen LogP contribution in [0.3, 0.4) is 0 Å². The Balaban J connectivity index is 2.00. The van der Waals surface area contributed by atoms with Crippen molar-refractivity contribution in [3.8, 4) is 0 Å². The van der Waals surface area contributed by atoms with E-state index in [0.717, 1.165) is 32.4 Å². The van der Waals surface area contributed by atoms with Crippen LogP contribution in [0.5, 0.6) is 0 Å². The zero-order valence-corrected chi connectivity index (χ0v) is 12.6. The number of rotatable bonds is 3. The summed E-state index contributed by atoms with van der Waals surface area (Å²) in [6.07, 6.45) is 4.43. The van der Waals surface area contributed by atoms with Gasteiger partial charge in [-0.05, 0) is 26.8 Å². The SMILES string of the molecule is CC1CN(C(=O)CC2(C(=O)O)CCCCC2)CCN1C. The maximum absolute atomic E-state index is 12.5. The molecule has 0 aromatic heterocycles. The lowest BCUT2D eigenvalue weighted by atomic mass is 9.71. The van der Waals surface area contributed by atoms with Gasteiger partial charge in [0.15, 0.2) is 0 Å². The first-order valence-corrected chi connectivity index (χ1v) is 7.66. The maximum atomic E-state index is 12.5. The van der Waals surface area contributed by atoms with Gasteiger partial charge in [0.1, 0.15) is 0 Å². The van der Waals surface area contributed by atoms with Crippen molar-refractivity contribution in [2.24, 2.45) is 5.41 Å². The van der Waals surface area contributed by atoms with Gasteiger partial charge in [0.2, 0.25) is 5.91 Å². The van der Waals surface area contributed by atoms with Crippen LogP contribution in [-0.2, 0) is 9.59 Å². The van der Waals surface area contributed by atoms with Crippen molar-refractivity contribution in [2.45, 2.75) is 51.5 Å². The second-order valence-electron chi connectivity index (χ2n) is 6.49. The molecular weight excluding hydrogens is 256 g/mol. The predicted octanol–water partition coefficient (Wildman–Crippen LogP) is 1.57. The summed E-state index contributed by atoms with van der Waals surface area (Å²) in [5.41, 5.74) is -0.804. The summed E-state index contributed by atoms with van der Waals surface area (Å²) < 4.78 is 0. The van der Waals surface area contributed by atoms with Gasteiger partial charge in [-0.3, -0.25) is 9.59 Å². The van der Waals surface area contributed by atoms with Crippen LogP contribution in [0, 0.1) is 5.41 Å². The number of hydrogen-bond donors (Lipinski definition) is 1. The zero-order valence-electron chi connectivity index (χ0n) is 12.6. The highest BCUT2D eigenvalue weighted by atomic mass is 16.4. The van der Waals surface area contributed by atoms with E-state index in [1.54, 1.807) is 0 Å². The van der Waals surface area contributed by atoms with Gasteiger partial charge in [-0.25, -0.2) is 0 Å². The van der Waals surface area contributed by atoms with Crippen LogP contribution < -0.4 is 0 Å². The number of carbonyl (C=O) groups is 2. The molecule has 0 aromatic rings. The van der Waals surface area contributed by atoms with Crippen molar-refractivity contribution in [1.82, 2.24) is 9.80 Å². The minimum absolute atomic E-state index is 0.0225. The molecule has 5 heteroatoms. The van der Waals surface area contributed by atoms with Gasteiger partial charge in [0, 0.05) is 32.1 Å². The fraction of sp³-hybridized carbons (Fsp3) is 0.867. The van der Waals surface area contributed by atoms with E-state index in [9.17, 15) is 14.7 Å². The molecule has 1 atom stereocenters. The molecule has 0 bridgehead atoms. The van der Waals surface area contributed by atoms with Gasteiger partial charge in [0.05, 0.1) is 5.41 Å². The minimum Gasteiger partial charge on any atom is -0.481 e. The molecule has 1 aliphatic heterocycles. The average molecular weight is 282 g/mol. The third-order valence-corrected chi connectivity index (χ3v) is 5.07. The van der Waals surface area contributed by atoms with Crippen LogP contribution in [0.2, 0.25) is 0 Å². The lowest BCUT2D eigenvalue weighted by Crippen LogP contribution is -2.53.